The van der Waals surface area contributed by atoms with Crippen LogP contribution in [-0.4, -0.2) is 29.5 Å². The molecule has 0 aliphatic heterocycles. The van der Waals surface area contributed by atoms with E-state index in [1.54, 1.807) is 11.3 Å². The normalized spacial score (nSPS) is 11.9. The van der Waals surface area contributed by atoms with E-state index in [0.717, 1.165) is 92.0 Å². The fourth-order valence-electron chi connectivity index (χ4n) is 8.11. The van der Waals surface area contributed by atoms with Crippen molar-refractivity contribution in [3.8, 4) is 51.4 Å². The maximum Gasteiger partial charge on any atom is 0.238 e. The SMILES string of the molecule is c1ccc(-c2nc(-c3ccccc3)nc(-n3c4ccccc4c4cc(-c5nc(-c6cccc7c6oc6ccccc67)c6c(n5)sc5ccccc56)ccc43)n2)cc1. The molecule has 0 unspecified atom stereocenters. The standard InChI is InChI=1S/C49H28N6OS/c1-3-14-29(15-4-1)45-51-46(30-16-5-2-6-17-30)54-49(53-45)55-38-23-10-7-18-32(38)37-28-31(26-27-39(37)55)47-50-43(42-35-20-9-12-25-41(35)57-48(42)52-47)36-22-13-21-34-33-19-8-11-24-40(33)56-44(34)36/h1-28H. The van der Waals surface area contributed by atoms with Gasteiger partial charge in [-0.1, -0.05) is 127 Å². The van der Waals surface area contributed by atoms with Crippen molar-refractivity contribution in [2.24, 2.45) is 0 Å². The van der Waals surface area contributed by atoms with E-state index in [2.05, 4.69) is 102 Å². The molecular weight excluding hydrogens is 721 g/mol. The molecule has 0 N–H and O–H groups in total. The van der Waals surface area contributed by atoms with Crippen molar-refractivity contribution in [1.29, 1.82) is 0 Å². The highest BCUT2D eigenvalue weighted by Gasteiger charge is 2.22. The van der Waals surface area contributed by atoms with Crippen LogP contribution in [0.1, 0.15) is 0 Å². The van der Waals surface area contributed by atoms with Gasteiger partial charge in [0, 0.05) is 59.3 Å². The molecular formula is C49H28N6OS. The molecule has 0 fully saturated rings. The van der Waals surface area contributed by atoms with Gasteiger partial charge < -0.3 is 4.42 Å². The van der Waals surface area contributed by atoms with Gasteiger partial charge in [0.2, 0.25) is 5.95 Å². The monoisotopic (exact) mass is 748 g/mol. The third kappa shape index (κ3) is 5.01. The zero-order valence-electron chi connectivity index (χ0n) is 30.2. The number of fused-ring (bicyclic) bond motifs is 9. The van der Waals surface area contributed by atoms with E-state index in [-0.39, 0.29) is 0 Å². The molecule has 0 aliphatic rings. The Hall–Kier alpha value is -7.55. The van der Waals surface area contributed by atoms with Gasteiger partial charge in [0.05, 0.1) is 16.7 Å². The predicted molar refractivity (Wildman–Crippen MR) is 232 cm³/mol. The number of rotatable bonds is 5. The van der Waals surface area contributed by atoms with Gasteiger partial charge in [-0.15, -0.1) is 11.3 Å². The minimum absolute atomic E-state index is 0.547. The summed E-state index contributed by atoms with van der Waals surface area (Å²) in [5.74, 6) is 2.41. The lowest BCUT2D eigenvalue weighted by molar-refractivity contribution is 0.670. The summed E-state index contributed by atoms with van der Waals surface area (Å²) in [5, 5.41) is 6.44. The number of para-hydroxylation sites is 3. The average Bonchev–Trinajstić information content (AvgIpc) is 3.96. The largest absolute Gasteiger partial charge is 0.455 e. The number of hydrogen-bond donors (Lipinski definition) is 0. The van der Waals surface area contributed by atoms with E-state index in [4.69, 9.17) is 29.3 Å². The molecule has 0 saturated heterocycles. The minimum Gasteiger partial charge on any atom is -0.455 e. The molecule has 8 heteroatoms. The number of aromatic nitrogens is 6. The Balaban J connectivity index is 1.09. The summed E-state index contributed by atoms with van der Waals surface area (Å²) in [5.41, 5.74) is 8.19. The molecule has 0 radical (unpaired) electrons. The van der Waals surface area contributed by atoms with Crippen LogP contribution >= 0.6 is 11.3 Å². The van der Waals surface area contributed by atoms with Crippen LogP contribution in [0.4, 0.5) is 0 Å². The number of furan rings is 1. The third-order valence-electron chi connectivity index (χ3n) is 10.7. The number of benzene rings is 7. The molecule has 266 valence electrons. The van der Waals surface area contributed by atoms with Crippen LogP contribution < -0.4 is 0 Å². The molecule has 5 aromatic heterocycles. The van der Waals surface area contributed by atoms with Crippen molar-refractivity contribution >= 4 is 75.4 Å². The van der Waals surface area contributed by atoms with Crippen LogP contribution in [0.25, 0.3) is 115 Å². The number of nitrogens with zero attached hydrogens (tertiary/aromatic N) is 6. The molecule has 0 amide bonds. The van der Waals surface area contributed by atoms with Gasteiger partial charge in [-0.25, -0.2) is 15.0 Å². The fourth-order valence-corrected chi connectivity index (χ4v) is 9.18. The lowest BCUT2D eigenvalue weighted by Crippen LogP contribution is -2.06. The molecule has 57 heavy (non-hydrogen) atoms. The molecule has 0 saturated carbocycles. The molecule has 0 spiro atoms. The van der Waals surface area contributed by atoms with Crippen LogP contribution in [0.2, 0.25) is 0 Å². The molecule has 0 bridgehead atoms. The van der Waals surface area contributed by atoms with Crippen molar-refractivity contribution < 1.29 is 4.42 Å². The molecule has 5 heterocycles. The molecule has 0 aliphatic carbocycles. The second kappa shape index (κ2) is 12.5. The van der Waals surface area contributed by atoms with E-state index in [9.17, 15) is 0 Å². The molecule has 12 aromatic rings. The van der Waals surface area contributed by atoms with Gasteiger partial charge >= 0.3 is 0 Å². The highest BCUT2D eigenvalue weighted by molar-refractivity contribution is 7.25. The van der Waals surface area contributed by atoms with E-state index in [1.807, 2.05) is 72.8 Å². The highest BCUT2D eigenvalue weighted by Crippen LogP contribution is 2.43. The molecule has 7 nitrogen and oxygen atoms in total. The summed E-state index contributed by atoms with van der Waals surface area (Å²) in [6.07, 6.45) is 0. The lowest BCUT2D eigenvalue weighted by Gasteiger charge is -2.11. The Bertz CT molecular complexity index is 3480. The average molecular weight is 749 g/mol. The van der Waals surface area contributed by atoms with E-state index in [1.165, 1.54) is 0 Å². The van der Waals surface area contributed by atoms with Crippen LogP contribution in [0.15, 0.2) is 174 Å². The first-order chi connectivity index (χ1) is 28.2. The van der Waals surface area contributed by atoms with Gasteiger partial charge in [-0.05, 0) is 42.5 Å². The summed E-state index contributed by atoms with van der Waals surface area (Å²) in [4.78, 5) is 26.8. The molecule has 7 aromatic carbocycles. The predicted octanol–water partition coefficient (Wildman–Crippen LogP) is 12.7. The zero-order chi connectivity index (χ0) is 37.5. The summed E-state index contributed by atoms with van der Waals surface area (Å²) in [6, 6.07) is 58.0. The van der Waals surface area contributed by atoms with Crippen molar-refractivity contribution in [3.05, 3.63) is 170 Å². The second-order valence-corrected chi connectivity index (χ2v) is 15.1. The third-order valence-corrected chi connectivity index (χ3v) is 11.8. The first kappa shape index (κ1) is 31.8. The van der Waals surface area contributed by atoms with Gasteiger partial charge in [0.15, 0.2) is 17.5 Å². The fraction of sp³-hybridized carbons (Fsp3) is 0. The van der Waals surface area contributed by atoms with Crippen LogP contribution in [-0.2, 0) is 0 Å². The number of thiophene rings is 1. The Morgan fingerprint density at radius 3 is 1.86 bits per heavy atom. The van der Waals surface area contributed by atoms with E-state index < -0.39 is 0 Å². The molecule has 0 atom stereocenters. The van der Waals surface area contributed by atoms with Crippen molar-refractivity contribution in [2.75, 3.05) is 0 Å². The van der Waals surface area contributed by atoms with Gasteiger partial charge in [0.25, 0.3) is 0 Å². The highest BCUT2D eigenvalue weighted by atomic mass is 32.1. The Labute approximate surface area is 329 Å². The smallest absolute Gasteiger partial charge is 0.238 e. The minimum atomic E-state index is 0.547. The van der Waals surface area contributed by atoms with Crippen LogP contribution in [0.3, 0.4) is 0 Å². The summed E-state index contributed by atoms with van der Waals surface area (Å²) >= 11 is 1.69. The maximum absolute atomic E-state index is 6.57. The van der Waals surface area contributed by atoms with Gasteiger partial charge in [0.1, 0.15) is 16.0 Å². The van der Waals surface area contributed by atoms with Crippen molar-refractivity contribution in [1.82, 2.24) is 29.5 Å². The Morgan fingerprint density at radius 1 is 0.439 bits per heavy atom. The summed E-state index contributed by atoms with van der Waals surface area (Å²) < 4.78 is 9.87. The number of hydrogen-bond acceptors (Lipinski definition) is 7. The molecule has 12 rings (SSSR count). The summed E-state index contributed by atoms with van der Waals surface area (Å²) in [6.45, 7) is 0. The maximum atomic E-state index is 6.57. The first-order valence-electron chi connectivity index (χ1n) is 18.8. The van der Waals surface area contributed by atoms with Gasteiger partial charge in [-0.3, -0.25) is 4.57 Å². The zero-order valence-corrected chi connectivity index (χ0v) is 31.0. The quantitative estimate of drug-likeness (QED) is 0.174. The Morgan fingerprint density at radius 2 is 1.07 bits per heavy atom. The van der Waals surface area contributed by atoms with Crippen molar-refractivity contribution in [3.63, 3.8) is 0 Å². The second-order valence-electron chi connectivity index (χ2n) is 14.1. The van der Waals surface area contributed by atoms with Crippen LogP contribution in [0, 0.1) is 0 Å². The topological polar surface area (TPSA) is 82.5 Å². The lowest BCUT2D eigenvalue weighted by atomic mass is 10.0. The van der Waals surface area contributed by atoms with Crippen LogP contribution in [0.5, 0.6) is 0 Å². The van der Waals surface area contributed by atoms with E-state index in [0.29, 0.717) is 23.4 Å². The van der Waals surface area contributed by atoms with Gasteiger partial charge in [-0.2, -0.15) is 9.97 Å². The van der Waals surface area contributed by atoms with Crippen molar-refractivity contribution in [2.45, 2.75) is 0 Å². The summed E-state index contributed by atoms with van der Waals surface area (Å²) in [7, 11) is 0. The Kier molecular flexibility index (Phi) is 6.96. The van der Waals surface area contributed by atoms with E-state index >= 15 is 0 Å². The first-order valence-corrected chi connectivity index (χ1v) is 19.6.